The Morgan fingerprint density at radius 2 is 0.346 bits per heavy atom. The Morgan fingerprint density at radius 3 is 0.577 bits per heavy atom. The van der Waals surface area contributed by atoms with Crippen LogP contribution >= 0.6 is 0 Å². The fraction of sp³-hybridized carbons (Fsp3) is 1.00. The maximum atomic E-state index is 3.33. The second kappa shape index (κ2) is 28.8. The molecule has 0 bridgehead atoms. The van der Waals surface area contributed by atoms with Gasteiger partial charge in [-0.15, -0.1) is 0 Å². The largest absolute Gasteiger partial charge is 0.294 e. The zero-order chi connectivity index (χ0) is 52.6. The Hall–Kier alpha value is -0.160. The maximum Gasteiger partial charge on any atom is 0.0104 e. The zero-order valence-electron chi connectivity index (χ0n) is 52.1. The molecule has 2 unspecified atom stereocenters. The fourth-order valence-corrected chi connectivity index (χ4v) is 23.5. The first-order valence-corrected chi connectivity index (χ1v) is 37.6. The highest BCUT2D eigenvalue weighted by atomic mass is 15.2. The standard InChI is InChI=1S/C74H130N4/c1-55-26-40-67(41-27-55)75(63-17-7-3-8-18-63)68-42-28-57(29-43-68)58-30-44-69(45-31-58)76(64-19-9-4-10-20-64)70-46-32-59(33-47-70)60-34-48-71(49-35-60)77(65-21-11-5-12-22-65)72-50-36-61(37-51-72)62-38-52-73(53-39-62)78(66-23-13-6-14-24-66)74-25-15-16-56(2)54-74/h55-74H,3-54H2,1-2H3. The van der Waals surface area contributed by atoms with Crippen molar-refractivity contribution in [1.29, 1.82) is 0 Å². The van der Waals surface area contributed by atoms with E-state index in [-0.39, 0.29) is 0 Å². The Morgan fingerprint density at radius 1 is 0.154 bits per heavy atom. The SMILES string of the molecule is CC1CCC(N(C2CCCCC2)C2CCC(C3CCC(N(C4CCCCC4)C4CCC(C5CCC(N(C6CCCCC6)C6CCC(C7CCC(N(C8CCCCC8)C8CCCC(C)C8)CC7)CC6)CC5)CC4)CC3)CC2)CC1. The summed E-state index contributed by atoms with van der Waals surface area (Å²) >= 11 is 0. The molecule has 0 saturated heterocycles. The van der Waals surface area contributed by atoms with Gasteiger partial charge >= 0.3 is 0 Å². The van der Waals surface area contributed by atoms with Crippen LogP contribution in [0, 0.1) is 47.3 Å². The third-order valence-electron chi connectivity index (χ3n) is 27.7. The molecular weight excluding hydrogens is 945 g/mol. The highest BCUT2D eigenvalue weighted by Gasteiger charge is 2.45. The van der Waals surface area contributed by atoms with E-state index in [1.165, 1.54) is 205 Å². The quantitative estimate of drug-likeness (QED) is 0.162. The lowest BCUT2D eigenvalue weighted by Gasteiger charge is -2.52. The lowest BCUT2D eigenvalue weighted by molar-refractivity contribution is -0.0192. The van der Waals surface area contributed by atoms with E-state index >= 15 is 0 Å². The molecule has 0 spiro atoms. The van der Waals surface area contributed by atoms with Crippen molar-refractivity contribution in [2.75, 3.05) is 0 Å². The van der Waals surface area contributed by atoms with Crippen LogP contribution in [0.25, 0.3) is 0 Å². The van der Waals surface area contributed by atoms with Crippen molar-refractivity contribution in [3.63, 3.8) is 0 Å². The maximum absolute atomic E-state index is 3.33. The summed E-state index contributed by atoms with van der Waals surface area (Å²) in [6.07, 6.45) is 79.4. The van der Waals surface area contributed by atoms with Gasteiger partial charge in [0.2, 0.25) is 0 Å². The molecule has 12 aliphatic rings. The van der Waals surface area contributed by atoms with Gasteiger partial charge < -0.3 is 0 Å². The van der Waals surface area contributed by atoms with Gasteiger partial charge in [0.1, 0.15) is 0 Å². The van der Waals surface area contributed by atoms with Gasteiger partial charge in [0.25, 0.3) is 0 Å². The molecule has 12 aliphatic carbocycles. The van der Waals surface area contributed by atoms with Gasteiger partial charge in [-0.3, -0.25) is 19.6 Å². The van der Waals surface area contributed by atoms with E-state index in [1.807, 2.05) is 0 Å². The Kier molecular flexibility index (Phi) is 21.5. The van der Waals surface area contributed by atoms with Crippen molar-refractivity contribution < 1.29 is 0 Å². The van der Waals surface area contributed by atoms with Crippen LogP contribution in [0.5, 0.6) is 0 Å². The van der Waals surface area contributed by atoms with Crippen LogP contribution < -0.4 is 0 Å². The van der Waals surface area contributed by atoms with Crippen molar-refractivity contribution in [2.45, 2.75) is 420 Å². The Bertz CT molecular complexity index is 1670. The molecule has 12 fully saturated rings. The number of hydrogen-bond acceptors (Lipinski definition) is 4. The smallest absolute Gasteiger partial charge is 0.0104 e. The third kappa shape index (κ3) is 14.4. The average molecular weight is 1080 g/mol. The lowest BCUT2D eigenvalue weighted by atomic mass is 9.68. The van der Waals surface area contributed by atoms with Crippen molar-refractivity contribution >= 4 is 0 Å². The summed E-state index contributed by atoms with van der Waals surface area (Å²) < 4.78 is 0. The minimum Gasteiger partial charge on any atom is -0.294 e. The van der Waals surface area contributed by atoms with Crippen LogP contribution in [0.4, 0.5) is 0 Å². The van der Waals surface area contributed by atoms with Gasteiger partial charge in [0, 0.05) is 72.5 Å². The van der Waals surface area contributed by atoms with Crippen molar-refractivity contribution in [2.24, 2.45) is 47.3 Å². The van der Waals surface area contributed by atoms with E-state index in [4.69, 9.17) is 0 Å². The van der Waals surface area contributed by atoms with E-state index in [0.29, 0.717) is 0 Å². The molecule has 0 heterocycles. The lowest BCUT2D eigenvalue weighted by Crippen LogP contribution is -2.54. The topological polar surface area (TPSA) is 13.0 Å². The van der Waals surface area contributed by atoms with Crippen LogP contribution in [-0.4, -0.2) is 92.1 Å². The fourth-order valence-electron chi connectivity index (χ4n) is 23.5. The number of nitrogens with zero attached hydrogens (tertiary/aromatic N) is 4. The van der Waals surface area contributed by atoms with Crippen LogP contribution in [0.1, 0.15) is 348 Å². The van der Waals surface area contributed by atoms with Gasteiger partial charge in [0.05, 0.1) is 0 Å². The van der Waals surface area contributed by atoms with E-state index in [9.17, 15) is 0 Å². The molecule has 0 aromatic carbocycles. The molecule has 2 atom stereocenters. The average Bonchev–Trinajstić information content (AvgIpc) is 3.52. The van der Waals surface area contributed by atoms with Crippen LogP contribution in [-0.2, 0) is 0 Å². The second-order valence-corrected chi connectivity index (χ2v) is 32.2. The minimum atomic E-state index is 0.903. The number of hydrogen-bond donors (Lipinski definition) is 0. The summed E-state index contributed by atoms with van der Waals surface area (Å²) in [4.78, 5) is 13.1. The summed E-state index contributed by atoms with van der Waals surface area (Å²) in [5.74, 6) is 8.14. The molecule has 0 aromatic rings. The molecule has 12 saturated carbocycles. The van der Waals surface area contributed by atoms with Gasteiger partial charge in [0.15, 0.2) is 0 Å². The van der Waals surface area contributed by atoms with Crippen LogP contribution in [0.15, 0.2) is 0 Å². The summed E-state index contributed by atoms with van der Waals surface area (Å²) in [6.45, 7) is 5.10. The molecule has 0 radical (unpaired) electrons. The molecule has 446 valence electrons. The third-order valence-corrected chi connectivity index (χ3v) is 27.7. The van der Waals surface area contributed by atoms with Gasteiger partial charge in [-0.1, -0.05) is 104 Å². The van der Waals surface area contributed by atoms with E-state index in [2.05, 4.69) is 33.4 Å². The van der Waals surface area contributed by atoms with E-state index < -0.39 is 0 Å². The normalized spacial score (nSPS) is 42.4. The first-order valence-electron chi connectivity index (χ1n) is 37.6. The highest BCUT2D eigenvalue weighted by molar-refractivity contribution is 5.00. The summed E-state index contributed by atoms with van der Waals surface area (Å²) in [6, 6.07) is 10.9. The van der Waals surface area contributed by atoms with Crippen molar-refractivity contribution in [1.82, 2.24) is 19.6 Å². The van der Waals surface area contributed by atoms with Gasteiger partial charge in [-0.05, 0) is 291 Å². The first kappa shape index (κ1) is 58.2. The molecule has 0 N–H and O–H groups in total. The number of rotatable bonds is 15. The predicted molar refractivity (Wildman–Crippen MR) is 332 cm³/mol. The predicted octanol–water partition coefficient (Wildman–Crippen LogP) is 20.0. The molecule has 0 aromatic heterocycles. The Labute approximate surface area is 484 Å². The van der Waals surface area contributed by atoms with Crippen molar-refractivity contribution in [3.8, 4) is 0 Å². The molecule has 0 amide bonds. The van der Waals surface area contributed by atoms with Crippen molar-refractivity contribution in [3.05, 3.63) is 0 Å². The second-order valence-electron chi connectivity index (χ2n) is 32.2. The van der Waals surface area contributed by atoms with Gasteiger partial charge in [-0.2, -0.15) is 0 Å². The molecule has 78 heavy (non-hydrogen) atoms. The van der Waals surface area contributed by atoms with Gasteiger partial charge in [-0.25, -0.2) is 0 Å². The first-order chi connectivity index (χ1) is 38.5. The molecular formula is C74H130N4. The molecule has 0 aliphatic heterocycles. The van der Waals surface area contributed by atoms with E-state index in [1.54, 1.807) is 128 Å². The molecule has 4 heteroatoms. The van der Waals surface area contributed by atoms with Crippen LogP contribution in [0.3, 0.4) is 0 Å². The Balaban J connectivity index is 0.603. The highest BCUT2D eigenvalue weighted by Crippen LogP contribution is 2.50. The monoisotopic (exact) mass is 1080 g/mol. The minimum absolute atomic E-state index is 0.903. The van der Waals surface area contributed by atoms with E-state index in [0.717, 1.165) is 120 Å². The summed E-state index contributed by atoms with van der Waals surface area (Å²) in [5.41, 5.74) is 0. The molecule has 4 nitrogen and oxygen atoms in total. The zero-order valence-corrected chi connectivity index (χ0v) is 52.1. The summed E-state index contributed by atoms with van der Waals surface area (Å²) in [5, 5.41) is 0. The molecule has 12 rings (SSSR count). The summed E-state index contributed by atoms with van der Waals surface area (Å²) in [7, 11) is 0. The van der Waals surface area contributed by atoms with Crippen LogP contribution in [0.2, 0.25) is 0 Å².